The number of rotatable bonds is 10. The fraction of sp³-hybridized carbons (Fsp3) is 0.250. The van der Waals surface area contributed by atoms with Crippen molar-refractivity contribution in [2.75, 3.05) is 38.1 Å². The van der Waals surface area contributed by atoms with E-state index in [-0.39, 0.29) is 35.3 Å². The van der Waals surface area contributed by atoms with Crippen molar-refractivity contribution in [2.24, 2.45) is 0 Å². The number of piperazine rings is 1. The van der Waals surface area contributed by atoms with Crippen molar-refractivity contribution in [3.8, 4) is 17.0 Å². The molecule has 10 nitrogen and oxygen atoms in total. The third kappa shape index (κ3) is 9.11. The predicted molar refractivity (Wildman–Crippen MR) is 177 cm³/mol. The van der Waals surface area contributed by atoms with Gasteiger partial charge in [-0.3, -0.25) is 19.5 Å². The molecule has 2 aromatic heterocycles. The van der Waals surface area contributed by atoms with Gasteiger partial charge >= 0.3 is 12.4 Å². The minimum atomic E-state index is -4.49. The molecule has 3 heterocycles. The van der Waals surface area contributed by atoms with E-state index < -0.39 is 30.4 Å². The molecule has 1 saturated heterocycles. The summed E-state index contributed by atoms with van der Waals surface area (Å²) in [4.78, 5) is 34.9. The van der Waals surface area contributed by atoms with Crippen LogP contribution >= 0.6 is 0 Å². The Hall–Kier alpha value is -5.77. The topological polar surface area (TPSA) is 105 Å². The van der Waals surface area contributed by atoms with Crippen molar-refractivity contribution in [1.29, 1.82) is 0 Å². The Labute approximate surface area is 293 Å². The minimum absolute atomic E-state index is 0.0344. The van der Waals surface area contributed by atoms with Crippen molar-refractivity contribution in [3.05, 3.63) is 125 Å². The summed E-state index contributed by atoms with van der Waals surface area (Å²) in [5.41, 5.74) is 2.27. The zero-order valence-corrected chi connectivity index (χ0v) is 27.4. The van der Waals surface area contributed by atoms with Crippen LogP contribution in [0.25, 0.3) is 11.3 Å². The number of pyridine rings is 1. The zero-order valence-electron chi connectivity index (χ0n) is 27.4. The summed E-state index contributed by atoms with van der Waals surface area (Å²) in [6, 6.07) is 22.8. The summed E-state index contributed by atoms with van der Waals surface area (Å²) in [7, 11) is 0. The van der Waals surface area contributed by atoms with Gasteiger partial charge in [0.2, 0.25) is 0 Å². The molecule has 2 amide bonds. The second-order valence-electron chi connectivity index (χ2n) is 12.0. The van der Waals surface area contributed by atoms with Gasteiger partial charge in [0, 0.05) is 50.2 Å². The maximum atomic E-state index is 14.1. The molecule has 16 heteroatoms. The largest absolute Gasteiger partial charge is 0.484 e. The first kappa shape index (κ1) is 36.0. The molecule has 1 aliphatic heterocycles. The Balaban J connectivity index is 1.11. The average Bonchev–Trinajstić information content (AvgIpc) is 3.55. The van der Waals surface area contributed by atoms with Gasteiger partial charge in [0.05, 0.1) is 12.1 Å². The lowest BCUT2D eigenvalue weighted by Crippen LogP contribution is -2.48. The van der Waals surface area contributed by atoms with Crippen LogP contribution in [0.3, 0.4) is 0 Å². The number of ether oxygens (including phenoxy) is 1. The Bertz CT molecular complexity index is 1980. The van der Waals surface area contributed by atoms with Gasteiger partial charge in [0.1, 0.15) is 17.1 Å². The number of nitrogens with zero attached hydrogens (tertiary/aromatic N) is 6. The van der Waals surface area contributed by atoms with E-state index in [4.69, 9.17) is 4.74 Å². The molecule has 270 valence electrons. The van der Waals surface area contributed by atoms with Gasteiger partial charge in [-0.05, 0) is 53.6 Å². The number of alkyl halides is 6. The molecule has 0 spiro atoms. The molecule has 0 saturated carbocycles. The number of hydrogen-bond donors (Lipinski definition) is 1. The predicted octanol–water partition coefficient (Wildman–Crippen LogP) is 6.56. The second-order valence-corrected chi connectivity index (χ2v) is 12.0. The lowest BCUT2D eigenvalue weighted by atomic mass is 10.1. The molecule has 0 radical (unpaired) electrons. The second kappa shape index (κ2) is 15.2. The third-order valence-corrected chi connectivity index (χ3v) is 8.24. The Morgan fingerprint density at radius 2 is 1.44 bits per heavy atom. The highest BCUT2D eigenvalue weighted by Crippen LogP contribution is 2.30. The van der Waals surface area contributed by atoms with Gasteiger partial charge in [-0.1, -0.05) is 53.7 Å². The first-order chi connectivity index (χ1) is 24.8. The number of nitrogens with one attached hydrogen (secondary N) is 1. The molecule has 6 rings (SSSR count). The molecule has 1 N–H and O–H groups in total. The number of carbonyl (C=O) groups is 2. The minimum Gasteiger partial charge on any atom is -0.484 e. The molecular formula is C36H31F6N7O3. The highest BCUT2D eigenvalue weighted by molar-refractivity contribution is 6.02. The van der Waals surface area contributed by atoms with Gasteiger partial charge in [-0.25, -0.2) is 4.68 Å². The van der Waals surface area contributed by atoms with Gasteiger partial charge in [0.25, 0.3) is 11.8 Å². The van der Waals surface area contributed by atoms with Crippen molar-refractivity contribution < 1.29 is 40.7 Å². The first-order valence-corrected chi connectivity index (χ1v) is 16.0. The normalized spacial score (nSPS) is 13.9. The van der Waals surface area contributed by atoms with E-state index in [0.29, 0.717) is 49.5 Å². The van der Waals surface area contributed by atoms with Gasteiger partial charge in [-0.15, -0.1) is 5.10 Å². The quantitative estimate of drug-likeness (QED) is 0.163. The van der Waals surface area contributed by atoms with E-state index in [1.165, 1.54) is 29.1 Å². The number of aromatic nitrogens is 4. The maximum Gasteiger partial charge on any atom is 0.422 e. The Kier molecular flexibility index (Phi) is 10.6. The van der Waals surface area contributed by atoms with Gasteiger partial charge in [0.15, 0.2) is 12.3 Å². The maximum absolute atomic E-state index is 14.1. The fourth-order valence-corrected chi connectivity index (χ4v) is 5.56. The number of benzene rings is 3. The van der Waals surface area contributed by atoms with Crippen molar-refractivity contribution in [3.63, 3.8) is 0 Å². The Morgan fingerprint density at radius 3 is 2.06 bits per heavy atom. The number of amides is 2. The van der Waals surface area contributed by atoms with Gasteiger partial charge in [-0.2, -0.15) is 26.3 Å². The zero-order chi connectivity index (χ0) is 36.9. The molecule has 0 atom stereocenters. The highest BCUT2D eigenvalue weighted by Gasteiger charge is 2.31. The smallest absolute Gasteiger partial charge is 0.422 e. The number of anilines is 1. The van der Waals surface area contributed by atoms with Crippen molar-refractivity contribution >= 4 is 17.5 Å². The monoisotopic (exact) mass is 723 g/mol. The van der Waals surface area contributed by atoms with Crippen LogP contribution in [-0.2, 0) is 19.3 Å². The van der Waals surface area contributed by atoms with Crippen LogP contribution in [0.4, 0.5) is 32.0 Å². The molecule has 0 bridgehead atoms. The van der Waals surface area contributed by atoms with Crippen LogP contribution < -0.4 is 10.1 Å². The molecule has 0 aliphatic carbocycles. The lowest BCUT2D eigenvalue weighted by molar-refractivity contribution is -0.153. The summed E-state index contributed by atoms with van der Waals surface area (Å²) in [5, 5.41) is 11.2. The summed E-state index contributed by atoms with van der Waals surface area (Å²) >= 11 is 0. The first-order valence-electron chi connectivity index (χ1n) is 16.0. The van der Waals surface area contributed by atoms with Crippen LogP contribution in [0.5, 0.6) is 5.75 Å². The van der Waals surface area contributed by atoms with Crippen LogP contribution in [0.1, 0.15) is 37.7 Å². The van der Waals surface area contributed by atoms with Crippen LogP contribution in [0.15, 0.2) is 97.2 Å². The van der Waals surface area contributed by atoms with E-state index >= 15 is 0 Å². The molecule has 3 aromatic carbocycles. The molecule has 52 heavy (non-hydrogen) atoms. The van der Waals surface area contributed by atoms with E-state index in [2.05, 4.69) is 25.5 Å². The molecular weight excluding hydrogens is 692 g/mol. The SMILES string of the molecule is O=C(Nc1ccc(C(F)(F)F)cc1)c1ccc(Cn2nnc(-c3ccccc3)c2C(=O)N2CCN(Cc3ccc(OCC(F)(F)F)cc3)CC2)cn1. The van der Waals surface area contributed by atoms with Crippen molar-refractivity contribution in [1.82, 2.24) is 29.8 Å². The number of halogens is 6. The number of carbonyl (C=O) groups excluding carboxylic acids is 2. The summed E-state index contributed by atoms with van der Waals surface area (Å²) < 4.78 is 82.2. The fourth-order valence-electron chi connectivity index (χ4n) is 5.56. The summed E-state index contributed by atoms with van der Waals surface area (Å²) in [5.74, 6) is -0.750. The third-order valence-electron chi connectivity index (χ3n) is 8.24. The summed E-state index contributed by atoms with van der Waals surface area (Å²) in [6.45, 7) is 1.23. The van der Waals surface area contributed by atoms with Crippen LogP contribution in [0, 0.1) is 0 Å². The Morgan fingerprint density at radius 1 is 0.769 bits per heavy atom. The van der Waals surface area contributed by atoms with Crippen molar-refractivity contribution in [2.45, 2.75) is 25.4 Å². The summed E-state index contributed by atoms with van der Waals surface area (Å²) in [6.07, 6.45) is -7.46. The van der Waals surface area contributed by atoms with Crippen LogP contribution in [-0.4, -0.2) is 80.6 Å². The molecule has 0 unspecified atom stereocenters. The van der Waals surface area contributed by atoms with E-state index in [1.54, 1.807) is 23.1 Å². The van der Waals surface area contributed by atoms with E-state index in [1.807, 2.05) is 30.3 Å². The van der Waals surface area contributed by atoms with E-state index in [0.717, 1.165) is 29.8 Å². The molecule has 5 aromatic rings. The van der Waals surface area contributed by atoms with E-state index in [9.17, 15) is 35.9 Å². The molecule has 1 fully saturated rings. The lowest BCUT2D eigenvalue weighted by Gasteiger charge is -2.34. The van der Waals surface area contributed by atoms with Gasteiger partial charge < -0.3 is 15.0 Å². The average molecular weight is 724 g/mol. The number of hydrogen-bond acceptors (Lipinski definition) is 7. The highest BCUT2D eigenvalue weighted by atomic mass is 19.4. The molecule has 1 aliphatic rings. The standard InChI is InChI=1S/C36H31F6N7O3/c37-35(38,39)23-52-29-13-6-24(7-14-29)21-47-16-18-48(19-17-47)34(51)32-31(26-4-2-1-3-5-26)45-46-49(32)22-25-8-15-30(43-20-25)33(50)44-28-11-9-27(10-12-28)36(40,41)42/h1-15,20H,16-19,21-23H2,(H,44,50). The van der Waals surface area contributed by atoms with Crippen LogP contribution in [0.2, 0.25) is 0 Å².